The zero-order chi connectivity index (χ0) is 16.4. The van der Waals surface area contributed by atoms with Gasteiger partial charge in [0.15, 0.2) is 0 Å². The third kappa shape index (κ3) is 3.62. The van der Waals surface area contributed by atoms with Crippen molar-refractivity contribution in [3.63, 3.8) is 0 Å². The number of nitrogens with zero attached hydrogens (tertiary/aromatic N) is 1. The minimum Gasteiger partial charge on any atom is -0.348 e. The van der Waals surface area contributed by atoms with Crippen LogP contribution < -0.4 is 5.32 Å². The van der Waals surface area contributed by atoms with E-state index in [0.717, 1.165) is 18.5 Å². The van der Waals surface area contributed by atoms with E-state index in [1.54, 1.807) is 23.5 Å². The minimum atomic E-state index is -0.263. The first-order chi connectivity index (χ1) is 11.0. The fraction of sp³-hybridized carbons (Fsp3) is 0.389. The van der Waals surface area contributed by atoms with Crippen LogP contribution >= 0.6 is 11.3 Å². The molecule has 2 aromatic rings. The first-order valence-corrected chi connectivity index (χ1v) is 8.77. The number of halogens is 1. The van der Waals surface area contributed by atoms with Crippen LogP contribution in [0.5, 0.6) is 0 Å². The summed E-state index contributed by atoms with van der Waals surface area (Å²) in [6.07, 6.45) is 1.01. The van der Waals surface area contributed by atoms with Gasteiger partial charge in [-0.1, -0.05) is 12.1 Å². The number of benzene rings is 1. The molecule has 2 heterocycles. The summed E-state index contributed by atoms with van der Waals surface area (Å²) < 4.78 is 13.0. The van der Waals surface area contributed by atoms with Gasteiger partial charge in [0.1, 0.15) is 5.82 Å². The Kier molecular flexibility index (Phi) is 4.78. The first-order valence-electron chi connectivity index (χ1n) is 7.89. The topological polar surface area (TPSA) is 32.3 Å². The highest BCUT2D eigenvalue weighted by Crippen LogP contribution is 2.32. The number of hydrogen-bond donors (Lipinski definition) is 1. The third-order valence-electron chi connectivity index (χ3n) is 4.50. The molecule has 1 N–H and O–H groups in total. The molecular formula is C18H21FN2OS. The van der Waals surface area contributed by atoms with Gasteiger partial charge < -0.3 is 5.32 Å². The Morgan fingerprint density at radius 2 is 2.13 bits per heavy atom. The second-order valence-electron chi connectivity index (χ2n) is 6.04. The molecule has 122 valence electrons. The van der Waals surface area contributed by atoms with Crippen molar-refractivity contribution in [1.29, 1.82) is 0 Å². The van der Waals surface area contributed by atoms with E-state index in [4.69, 9.17) is 0 Å². The zero-order valence-corrected chi connectivity index (χ0v) is 14.2. The van der Waals surface area contributed by atoms with Crippen molar-refractivity contribution >= 4 is 17.2 Å². The fourth-order valence-corrected chi connectivity index (χ4v) is 4.05. The van der Waals surface area contributed by atoms with Crippen molar-refractivity contribution in [3.05, 3.63) is 57.5 Å². The first kappa shape index (κ1) is 16.1. The number of fused-ring (bicyclic) bond motifs is 1. The molecule has 0 spiro atoms. The molecule has 0 radical (unpaired) electrons. The van der Waals surface area contributed by atoms with Crippen molar-refractivity contribution in [2.24, 2.45) is 0 Å². The van der Waals surface area contributed by atoms with Crippen LogP contribution in [0.25, 0.3) is 0 Å². The molecule has 2 atom stereocenters. The van der Waals surface area contributed by atoms with Crippen molar-refractivity contribution in [2.45, 2.75) is 32.4 Å². The predicted octanol–water partition coefficient (Wildman–Crippen LogP) is 3.68. The minimum absolute atomic E-state index is 0.00681. The monoisotopic (exact) mass is 332 g/mol. The standard InChI is InChI=1S/C18H21FN2OS/c1-12(14-3-5-15(19)6-4-14)20-18(22)11-21-9-7-17-16(13(21)2)8-10-23-17/h3-6,8,10,12-13H,7,9,11H2,1-2H3,(H,20,22)/t12-,13-/m1/s1. The fourth-order valence-electron chi connectivity index (χ4n) is 3.08. The van der Waals surface area contributed by atoms with Gasteiger partial charge in [-0.05, 0) is 55.0 Å². The molecule has 23 heavy (non-hydrogen) atoms. The Balaban J connectivity index is 1.58. The van der Waals surface area contributed by atoms with Gasteiger partial charge in [-0.25, -0.2) is 4.39 Å². The lowest BCUT2D eigenvalue weighted by molar-refractivity contribution is -0.123. The van der Waals surface area contributed by atoms with Crippen molar-refractivity contribution in [3.8, 4) is 0 Å². The number of nitrogens with one attached hydrogen (secondary N) is 1. The molecule has 5 heteroatoms. The van der Waals surface area contributed by atoms with Gasteiger partial charge in [-0.2, -0.15) is 0 Å². The smallest absolute Gasteiger partial charge is 0.234 e. The average molecular weight is 332 g/mol. The van der Waals surface area contributed by atoms with E-state index < -0.39 is 0 Å². The predicted molar refractivity (Wildman–Crippen MR) is 91.0 cm³/mol. The molecule has 0 fully saturated rings. The molecule has 1 amide bonds. The molecule has 0 unspecified atom stereocenters. The SMILES string of the molecule is C[C@@H]1c2ccsc2CCN1CC(=O)N[C@H](C)c1ccc(F)cc1. The van der Waals surface area contributed by atoms with Crippen molar-refractivity contribution in [2.75, 3.05) is 13.1 Å². The van der Waals surface area contributed by atoms with E-state index in [1.165, 1.54) is 22.6 Å². The van der Waals surface area contributed by atoms with E-state index in [9.17, 15) is 9.18 Å². The quantitative estimate of drug-likeness (QED) is 0.926. The third-order valence-corrected chi connectivity index (χ3v) is 5.49. The molecule has 0 saturated carbocycles. The molecule has 1 aromatic heterocycles. The van der Waals surface area contributed by atoms with Gasteiger partial charge in [-0.3, -0.25) is 9.69 Å². The molecule has 3 rings (SSSR count). The van der Waals surface area contributed by atoms with Crippen LogP contribution in [-0.2, 0) is 11.2 Å². The van der Waals surface area contributed by atoms with Crippen LogP contribution in [0.2, 0.25) is 0 Å². The average Bonchev–Trinajstić information content (AvgIpc) is 3.00. The second kappa shape index (κ2) is 6.81. The molecule has 0 saturated heterocycles. The Morgan fingerprint density at radius 1 is 1.39 bits per heavy atom. The summed E-state index contributed by atoms with van der Waals surface area (Å²) in [6.45, 7) is 5.37. The van der Waals surface area contributed by atoms with Gasteiger partial charge >= 0.3 is 0 Å². The van der Waals surface area contributed by atoms with Crippen LogP contribution in [0.4, 0.5) is 4.39 Å². The summed E-state index contributed by atoms with van der Waals surface area (Å²) in [5, 5.41) is 5.13. The van der Waals surface area contributed by atoms with Crippen LogP contribution in [0, 0.1) is 5.82 Å². The van der Waals surface area contributed by atoms with Crippen LogP contribution in [0.1, 0.15) is 41.9 Å². The van der Waals surface area contributed by atoms with E-state index in [2.05, 4.69) is 28.6 Å². The molecule has 0 bridgehead atoms. The molecule has 1 aromatic carbocycles. The maximum absolute atomic E-state index is 13.0. The Bertz CT molecular complexity index is 683. The normalized spacial score (nSPS) is 19.2. The van der Waals surface area contributed by atoms with Gasteiger partial charge in [0.2, 0.25) is 5.91 Å². The summed E-state index contributed by atoms with van der Waals surface area (Å²) in [4.78, 5) is 16.0. The highest BCUT2D eigenvalue weighted by atomic mass is 32.1. The molecule has 1 aliphatic rings. The van der Waals surface area contributed by atoms with Gasteiger partial charge in [0, 0.05) is 17.5 Å². The highest BCUT2D eigenvalue weighted by Gasteiger charge is 2.26. The van der Waals surface area contributed by atoms with E-state index in [1.807, 2.05) is 6.92 Å². The van der Waals surface area contributed by atoms with E-state index >= 15 is 0 Å². The van der Waals surface area contributed by atoms with E-state index in [-0.39, 0.29) is 23.8 Å². The summed E-state index contributed by atoms with van der Waals surface area (Å²) in [5.41, 5.74) is 2.26. The summed E-state index contributed by atoms with van der Waals surface area (Å²) in [7, 11) is 0. The van der Waals surface area contributed by atoms with Crippen molar-refractivity contribution < 1.29 is 9.18 Å². The van der Waals surface area contributed by atoms with E-state index in [0.29, 0.717) is 6.54 Å². The maximum Gasteiger partial charge on any atom is 0.234 e. The number of rotatable bonds is 4. The zero-order valence-electron chi connectivity index (χ0n) is 13.4. The highest BCUT2D eigenvalue weighted by molar-refractivity contribution is 7.10. The van der Waals surface area contributed by atoms with Crippen LogP contribution in [0.15, 0.2) is 35.7 Å². The Labute approximate surface area is 140 Å². The molecule has 3 nitrogen and oxygen atoms in total. The molecule has 0 aliphatic carbocycles. The summed E-state index contributed by atoms with van der Waals surface area (Å²) in [5.74, 6) is -0.256. The number of carbonyl (C=O) groups is 1. The number of hydrogen-bond acceptors (Lipinski definition) is 3. The lowest BCUT2D eigenvalue weighted by Crippen LogP contribution is -2.42. The number of carbonyl (C=O) groups excluding carboxylic acids is 1. The Morgan fingerprint density at radius 3 is 2.87 bits per heavy atom. The largest absolute Gasteiger partial charge is 0.348 e. The number of amides is 1. The van der Waals surface area contributed by atoms with Gasteiger partial charge in [0.25, 0.3) is 0 Å². The molecule has 1 aliphatic heterocycles. The lowest BCUT2D eigenvalue weighted by Gasteiger charge is -2.33. The summed E-state index contributed by atoms with van der Waals surface area (Å²) in [6, 6.07) is 8.57. The van der Waals surface area contributed by atoms with Crippen LogP contribution in [-0.4, -0.2) is 23.9 Å². The Hall–Kier alpha value is -1.72. The molecular weight excluding hydrogens is 311 g/mol. The second-order valence-corrected chi connectivity index (χ2v) is 7.04. The number of thiophene rings is 1. The van der Waals surface area contributed by atoms with Crippen LogP contribution in [0.3, 0.4) is 0 Å². The van der Waals surface area contributed by atoms with Gasteiger partial charge in [0.05, 0.1) is 12.6 Å². The maximum atomic E-state index is 13.0. The van der Waals surface area contributed by atoms with Crippen molar-refractivity contribution in [1.82, 2.24) is 10.2 Å². The summed E-state index contributed by atoms with van der Waals surface area (Å²) >= 11 is 1.80. The lowest BCUT2D eigenvalue weighted by atomic mass is 10.0. The van der Waals surface area contributed by atoms with Gasteiger partial charge in [-0.15, -0.1) is 11.3 Å².